The first-order chi connectivity index (χ1) is 8.61. The van der Waals surface area contributed by atoms with E-state index in [9.17, 15) is 0 Å². The molecule has 0 spiro atoms. The number of rotatable bonds is 6. The molecule has 1 rings (SSSR count). The lowest BCUT2D eigenvalue weighted by Crippen LogP contribution is -2.44. The second kappa shape index (κ2) is 8.92. The summed E-state index contributed by atoms with van der Waals surface area (Å²) >= 11 is 0. The fraction of sp³-hybridized carbons (Fsp3) is 1.00. The van der Waals surface area contributed by atoms with Crippen LogP contribution in [0.4, 0.5) is 0 Å². The van der Waals surface area contributed by atoms with Crippen LogP contribution in [0.5, 0.6) is 0 Å². The highest BCUT2D eigenvalue weighted by atomic mass is 15.1. The molecule has 0 aliphatic carbocycles. The zero-order chi connectivity index (χ0) is 13.4. The van der Waals surface area contributed by atoms with E-state index in [4.69, 9.17) is 0 Å². The average Bonchev–Trinajstić information content (AvgIpc) is 2.32. The Kier molecular flexibility index (Phi) is 7.92. The van der Waals surface area contributed by atoms with Crippen molar-refractivity contribution in [1.82, 2.24) is 10.2 Å². The third-order valence-electron chi connectivity index (χ3n) is 4.19. The van der Waals surface area contributed by atoms with Crippen molar-refractivity contribution in [3.63, 3.8) is 0 Å². The van der Waals surface area contributed by atoms with Gasteiger partial charge in [-0.1, -0.05) is 33.6 Å². The van der Waals surface area contributed by atoms with Gasteiger partial charge in [-0.3, -0.25) is 0 Å². The van der Waals surface area contributed by atoms with Gasteiger partial charge in [-0.15, -0.1) is 0 Å². The van der Waals surface area contributed by atoms with E-state index in [0.717, 1.165) is 12.0 Å². The van der Waals surface area contributed by atoms with E-state index >= 15 is 0 Å². The largest absolute Gasteiger partial charge is 0.311 e. The molecule has 18 heavy (non-hydrogen) atoms. The molecule has 2 unspecified atom stereocenters. The van der Waals surface area contributed by atoms with Gasteiger partial charge in [0.1, 0.15) is 0 Å². The summed E-state index contributed by atoms with van der Waals surface area (Å²) in [6.07, 6.45) is 8.08. The minimum Gasteiger partial charge on any atom is -0.311 e. The van der Waals surface area contributed by atoms with Gasteiger partial charge in [0.05, 0.1) is 0 Å². The van der Waals surface area contributed by atoms with Crippen LogP contribution in [0.15, 0.2) is 0 Å². The highest BCUT2D eigenvalue weighted by molar-refractivity contribution is 4.76. The maximum atomic E-state index is 3.74. The lowest BCUT2D eigenvalue weighted by atomic mass is 10.0. The topological polar surface area (TPSA) is 15.3 Å². The molecule has 1 N–H and O–H groups in total. The smallest absolute Gasteiger partial charge is 0.00790 e. The summed E-state index contributed by atoms with van der Waals surface area (Å²) in [4.78, 5) is 2.69. The van der Waals surface area contributed by atoms with Gasteiger partial charge in [-0.05, 0) is 58.2 Å². The van der Waals surface area contributed by atoms with E-state index in [0.29, 0.717) is 6.04 Å². The van der Waals surface area contributed by atoms with Crippen LogP contribution in [0.25, 0.3) is 0 Å². The fourth-order valence-electron chi connectivity index (χ4n) is 2.83. The van der Waals surface area contributed by atoms with Gasteiger partial charge in [0.25, 0.3) is 0 Å². The molecule has 0 radical (unpaired) electrons. The van der Waals surface area contributed by atoms with Crippen molar-refractivity contribution < 1.29 is 0 Å². The van der Waals surface area contributed by atoms with Crippen LogP contribution in [-0.4, -0.2) is 36.6 Å². The predicted molar refractivity (Wildman–Crippen MR) is 81.0 cm³/mol. The molecule has 1 aliphatic rings. The van der Waals surface area contributed by atoms with Crippen LogP contribution in [0.3, 0.4) is 0 Å². The maximum absolute atomic E-state index is 3.74. The standard InChI is InChI=1S/C16H34N2/c1-5-16-10-13-18(12-9-15(4)17-16)11-7-6-8-14(2)3/h14-17H,5-13H2,1-4H3. The van der Waals surface area contributed by atoms with E-state index < -0.39 is 0 Å². The number of hydrogen-bond donors (Lipinski definition) is 1. The van der Waals surface area contributed by atoms with Crippen molar-refractivity contribution in [3.8, 4) is 0 Å². The van der Waals surface area contributed by atoms with Crippen LogP contribution < -0.4 is 5.32 Å². The van der Waals surface area contributed by atoms with Gasteiger partial charge in [0.15, 0.2) is 0 Å². The third kappa shape index (κ3) is 6.75. The quantitative estimate of drug-likeness (QED) is 0.728. The van der Waals surface area contributed by atoms with Gasteiger partial charge >= 0.3 is 0 Å². The lowest BCUT2D eigenvalue weighted by Gasteiger charge is -2.32. The van der Waals surface area contributed by atoms with Crippen molar-refractivity contribution >= 4 is 0 Å². The van der Waals surface area contributed by atoms with Crippen LogP contribution >= 0.6 is 0 Å². The second-order valence-corrected chi connectivity index (χ2v) is 6.48. The highest BCUT2D eigenvalue weighted by Crippen LogP contribution is 2.11. The van der Waals surface area contributed by atoms with Gasteiger partial charge in [0, 0.05) is 12.1 Å². The Labute approximate surface area is 115 Å². The molecular formula is C16H34N2. The van der Waals surface area contributed by atoms with Crippen molar-refractivity contribution in [2.75, 3.05) is 19.6 Å². The summed E-state index contributed by atoms with van der Waals surface area (Å²) in [5, 5.41) is 3.74. The summed E-state index contributed by atoms with van der Waals surface area (Å²) < 4.78 is 0. The van der Waals surface area contributed by atoms with Gasteiger partial charge < -0.3 is 10.2 Å². The molecule has 1 heterocycles. The molecule has 1 aliphatic heterocycles. The summed E-state index contributed by atoms with van der Waals surface area (Å²) in [7, 11) is 0. The molecular weight excluding hydrogens is 220 g/mol. The molecule has 1 fully saturated rings. The van der Waals surface area contributed by atoms with Crippen molar-refractivity contribution in [2.45, 2.75) is 78.3 Å². The van der Waals surface area contributed by atoms with E-state index in [2.05, 4.69) is 37.9 Å². The van der Waals surface area contributed by atoms with E-state index in [1.165, 1.54) is 58.2 Å². The Hall–Kier alpha value is -0.0800. The van der Waals surface area contributed by atoms with E-state index in [-0.39, 0.29) is 0 Å². The molecule has 0 aromatic carbocycles. The average molecular weight is 254 g/mol. The van der Waals surface area contributed by atoms with E-state index in [1.807, 2.05) is 0 Å². The third-order valence-corrected chi connectivity index (χ3v) is 4.19. The summed E-state index contributed by atoms with van der Waals surface area (Å²) in [5.41, 5.74) is 0. The van der Waals surface area contributed by atoms with Gasteiger partial charge in [0.2, 0.25) is 0 Å². The monoisotopic (exact) mass is 254 g/mol. The Morgan fingerprint density at radius 1 is 1.17 bits per heavy atom. The van der Waals surface area contributed by atoms with Crippen molar-refractivity contribution in [1.29, 1.82) is 0 Å². The SMILES string of the molecule is CCC1CCN(CCCCC(C)C)CCC(C)N1. The summed E-state index contributed by atoms with van der Waals surface area (Å²) in [5.74, 6) is 0.867. The summed E-state index contributed by atoms with van der Waals surface area (Å²) in [6.45, 7) is 13.2. The second-order valence-electron chi connectivity index (χ2n) is 6.48. The molecule has 2 nitrogen and oxygen atoms in total. The molecule has 0 aromatic rings. The molecule has 2 atom stereocenters. The van der Waals surface area contributed by atoms with Crippen LogP contribution in [0.2, 0.25) is 0 Å². The molecule has 108 valence electrons. The Morgan fingerprint density at radius 2 is 1.89 bits per heavy atom. The number of unbranched alkanes of at least 4 members (excludes halogenated alkanes) is 1. The van der Waals surface area contributed by atoms with E-state index in [1.54, 1.807) is 0 Å². The van der Waals surface area contributed by atoms with Crippen LogP contribution in [0, 0.1) is 5.92 Å². The van der Waals surface area contributed by atoms with Crippen molar-refractivity contribution in [2.24, 2.45) is 5.92 Å². The first-order valence-electron chi connectivity index (χ1n) is 8.10. The molecule has 1 saturated heterocycles. The molecule has 0 bridgehead atoms. The molecule has 0 saturated carbocycles. The normalized spacial score (nSPS) is 27.2. The van der Waals surface area contributed by atoms with Crippen LogP contribution in [-0.2, 0) is 0 Å². The molecule has 2 heteroatoms. The number of nitrogens with zero attached hydrogens (tertiary/aromatic N) is 1. The minimum atomic E-state index is 0.688. The molecule has 0 aromatic heterocycles. The Bertz CT molecular complexity index is 203. The zero-order valence-corrected chi connectivity index (χ0v) is 13.0. The highest BCUT2D eigenvalue weighted by Gasteiger charge is 2.17. The summed E-state index contributed by atoms with van der Waals surface area (Å²) in [6, 6.07) is 1.42. The van der Waals surface area contributed by atoms with Gasteiger partial charge in [-0.25, -0.2) is 0 Å². The first-order valence-corrected chi connectivity index (χ1v) is 8.10. The number of nitrogens with one attached hydrogen (secondary N) is 1. The zero-order valence-electron chi connectivity index (χ0n) is 13.0. The Balaban J connectivity index is 2.23. The first kappa shape index (κ1) is 16.0. The maximum Gasteiger partial charge on any atom is 0.00790 e. The van der Waals surface area contributed by atoms with Gasteiger partial charge in [-0.2, -0.15) is 0 Å². The number of hydrogen-bond acceptors (Lipinski definition) is 2. The predicted octanol–water partition coefficient (Wildman–Crippen LogP) is 3.67. The minimum absolute atomic E-state index is 0.688. The van der Waals surface area contributed by atoms with Crippen molar-refractivity contribution in [3.05, 3.63) is 0 Å². The van der Waals surface area contributed by atoms with Crippen LogP contribution in [0.1, 0.15) is 66.2 Å². The lowest BCUT2D eigenvalue weighted by molar-refractivity contribution is 0.208. The Morgan fingerprint density at radius 3 is 2.56 bits per heavy atom. The fourth-order valence-corrected chi connectivity index (χ4v) is 2.83. The molecule has 0 amide bonds.